The monoisotopic (exact) mass is 378 g/mol. The van der Waals surface area contributed by atoms with Crippen molar-refractivity contribution in [2.45, 2.75) is 12.8 Å². The van der Waals surface area contributed by atoms with Crippen molar-refractivity contribution in [2.24, 2.45) is 5.73 Å². The summed E-state index contributed by atoms with van der Waals surface area (Å²) in [4.78, 5) is 37.4. The molecule has 1 aliphatic rings. The molecule has 2 heterocycles. The molecule has 1 aromatic heterocycles. The summed E-state index contributed by atoms with van der Waals surface area (Å²) < 4.78 is 10.7. The Morgan fingerprint density at radius 2 is 1.96 bits per heavy atom. The second-order valence-electron chi connectivity index (χ2n) is 6.56. The van der Waals surface area contributed by atoms with Crippen LogP contribution in [-0.4, -0.2) is 25.0 Å². The maximum Gasteiger partial charge on any atom is 0.336 e. The lowest BCUT2D eigenvalue weighted by Gasteiger charge is -2.30. The van der Waals surface area contributed by atoms with E-state index in [-0.39, 0.29) is 12.5 Å². The molecule has 0 fully saturated rings. The Labute approximate surface area is 160 Å². The number of fused-ring (bicyclic) bond motifs is 2. The van der Waals surface area contributed by atoms with Crippen LogP contribution in [-0.2, 0) is 11.2 Å². The number of carbonyl (C=O) groups excluding carboxylic acids is 2. The van der Waals surface area contributed by atoms with Crippen LogP contribution in [0.1, 0.15) is 22.3 Å². The summed E-state index contributed by atoms with van der Waals surface area (Å²) in [7, 11) is 0. The van der Waals surface area contributed by atoms with E-state index in [2.05, 4.69) is 0 Å². The lowest BCUT2D eigenvalue weighted by atomic mass is 9.96. The van der Waals surface area contributed by atoms with Gasteiger partial charge in [-0.1, -0.05) is 6.07 Å². The van der Waals surface area contributed by atoms with Crippen molar-refractivity contribution in [1.82, 2.24) is 0 Å². The van der Waals surface area contributed by atoms with Gasteiger partial charge in [0.05, 0.1) is 0 Å². The lowest BCUT2D eigenvalue weighted by molar-refractivity contribution is -0.120. The molecule has 0 unspecified atom stereocenters. The molecule has 0 saturated heterocycles. The molecule has 0 aliphatic carbocycles. The minimum absolute atomic E-state index is 0.178. The second-order valence-corrected chi connectivity index (χ2v) is 6.56. The summed E-state index contributed by atoms with van der Waals surface area (Å²) in [6.45, 7) is 0.368. The third-order valence-electron chi connectivity index (χ3n) is 4.77. The molecule has 0 atom stereocenters. The predicted molar refractivity (Wildman–Crippen MR) is 104 cm³/mol. The number of nitrogens with two attached hydrogens (primary N) is 1. The normalized spacial score (nSPS) is 13.2. The molecule has 7 nitrogen and oxygen atoms in total. The first-order chi connectivity index (χ1) is 13.5. The molecule has 7 heteroatoms. The molecular formula is C21H18N2O5. The van der Waals surface area contributed by atoms with Gasteiger partial charge < -0.3 is 19.8 Å². The molecule has 2 amide bonds. The van der Waals surface area contributed by atoms with Gasteiger partial charge in [-0.2, -0.15) is 0 Å². The highest BCUT2D eigenvalue weighted by molar-refractivity contribution is 6.00. The fraction of sp³-hybridized carbons (Fsp3) is 0.190. The third-order valence-corrected chi connectivity index (χ3v) is 4.77. The number of hydrogen-bond acceptors (Lipinski definition) is 5. The Hall–Kier alpha value is -3.61. The number of nitrogens with zero attached hydrogens (tertiary/aromatic N) is 1. The molecule has 0 saturated carbocycles. The predicted octanol–water partition coefficient (Wildman–Crippen LogP) is 2.25. The van der Waals surface area contributed by atoms with E-state index in [9.17, 15) is 14.4 Å². The van der Waals surface area contributed by atoms with Gasteiger partial charge in [0.2, 0.25) is 5.91 Å². The SMILES string of the molecule is NC(=O)c1cccc2c1CCCN2C(=O)COc1ccc2ccc(=O)oc2c1. The van der Waals surface area contributed by atoms with E-state index in [1.807, 2.05) is 6.07 Å². The molecule has 28 heavy (non-hydrogen) atoms. The summed E-state index contributed by atoms with van der Waals surface area (Å²) in [6.07, 6.45) is 1.44. The van der Waals surface area contributed by atoms with Gasteiger partial charge in [-0.15, -0.1) is 0 Å². The fourth-order valence-electron chi connectivity index (χ4n) is 3.47. The zero-order valence-electron chi connectivity index (χ0n) is 15.0. The van der Waals surface area contributed by atoms with E-state index in [1.165, 1.54) is 6.07 Å². The molecule has 142 valence electrons. The molecule has 4 rings (SSSR count). The molecule has 1 aliphatic heterocycles. The number of primary amides is 1. The van der Waals surface area contributed by atoms with Crippen LogP contribution in [0.2, 0.25) is 0 Å². The largest absolute Gasteiger partial charge is 0.484 e. The summed E-state index contributed by atoms with van der Waals surface area (Å²) in [5, 5.41) is 0.766. The summed E-state index contributed by atoms with van der Waals surface area (Å²) >= 11 is 0. The van der Waals surface area contributed by atoms with Crippen LogP contribution in [0.5, 0.6) is 5.75 Å². The van der Waals surface area contributed by atoms with Crippen LogP contribution < -0.4 is 21.0 Å². The maximum atomic E-state index is 12.7. The molecular weight excluding hydrogens is 360 g/mol. The first-order valence-corrected chi connectivity index (χ1v) is 8.92. The van der Waals surface area contributed by atoms with E-state index in [4.69, 9.17) is 14.9 Å². The van der Waals surface area contributed by atoms with E-state index >= 15 is 0 Å². The highest BCUT2D eigenvalue weighted by Crippen LogP contribution is 2.30. The van der Waals surface area contributed by atoms with Gasteiger partial charge in [0.15, 0.2) is 6.61 Å². The first-order valence-electron chi connectivity index (χ1n) is 8.92. The Morgan fingerprint density at radius 3 is 2.79 bits per heavy atom. The van der Waals surface area contributed by atoms with Crippen LogP contribution in [0, 0.1) is 0 Å². The van der Waals surface area contributed by atoms with Gasteiger partial charge in [-0.3, -0.25) is 9.59 Å². The van der Waals surface area contributed by atoms with Crippen LogP contribution in [0.15, 0.2) is 57.7 Å². The quantitative estimate of drug-likeness (QED) is 0.702. The summed E-state index contributed by atoms with van der Waals surface area (Å²) in [5.74, 6) is -0.296. The minimum atomic E-state index is -0.500. The third kappa shape index (κ3) is 3.34. The molecule has 0 spiro atoms. The number of amides is 2. The standard InChI is InChI=1S/C21H18N2O5/c22-21(26)16-3-1-5-17-15(16)4-2-10-23(17)19(24)12-27-14-8-6-13-7-9-20(25)28-18(13)11-14/h1,3,5-9,11H,2,4,10,12H2,(H2,22,26). The maximum absolute atomic E-state index is 12.7. The second kappa shape index (κ2) is 7.19. The molecule has 0 bridgehead atoms. The Bertz CT molecular complexity index is 1140. The molecule has 3 aromatic rings. The van der Waals surface area contributed by atoms with E-state index in [0.29, 0.717) is 35.5 Å². The van der Waals surface area contributed by atoms with E-state index in [1.54, 1.807) is 41.3 Å². The fourth-order valence-corrected chi connectivity index (χ4v) is 3.47. The van der Waals surface area contributed by atoms with Crippen molar-refractivity contribution in [3.8, 4) is 5.75 Å². The Kier molecular flexibility index (Phi) is 4.57. The van der Waals surface area contributed by atoms with Crippen LogP contribution in [0.25, 0.3) is 11.0 Å². The van der Waals surface area contributed by atoms with Crippen molar-refractivity contribution in [1.29, 1.82) is 0 Å². The first kappa shape index (κ1) is 17.8. The number of hydrogen-bond donors (Lipinski definition) is 1. The highest BCUT2D eigenvalue weighted by atomic mass is 16.5. The van der Waals surface area contributed by atoms with Crippen molar-refractivity contribution in [3.63, 3.8) is 0 Å². The smallest absolute Gasteiger partial charge is 0.336 e. The number of ether oxygens (including phenoxy) is 1. The van der Waals surface area contributed by atoms with Crippen molar-refractivity contribution < 1.29 is 18.7 Å². The Balaban J connectivity index is 1.53. The van der Waals surface area contributed by atoms with Gasteiger partial charge in [-0.05, 0) is 48.7 Å². The molecule has 2 aromatic carbocycles. The molecule has 2 N–H and O–H groups in total. The Morgan fingerprint density at radius 1 is 1.14 bits per heavy atom. The summed E-state index contributed by atoms with van der Waals surface area (Å²) in [6, 6.07) is 13.3. The van der Waals surface area contributed by atoms with Crippen LogP contribution in [0.4, 0.5) is 5.69 Å². The van der Waals surface area contributed by atoms with Crippen LogP contribution in [0.3, 0.4) is 0 Å². The lowest BCUT2D eigenvalue weighted by Crippen LogP contribution is -2.39. The number of carbonyl (C=O) groups is 2. The van der Waals surface area contributed by atoms with E-state index < -0.39 is 11.5 Å². The van der Waals surface area contributed by atoms with Crippen molar-refractivity contribution in [3.05, 3.63) is 70.1 Å². The zero-order valence-corrected chi connectivity index (χ0v) is 15.0. The average Bonchev–Trinajstić information content (AvgIpc) is 2.70. The number of benzene rings is 2. The topological polar surface area (TPSA) is 103 Å². The highest BCUT2D eigenvalue weighted by Gasteiger charge is 2.25. The molecule has 0 radical (unpaired) electrons. The zero-order chi connectivity index (χ0) is 19.7. The average molecular weight is 378 g/mol. The summed E-state index contributed by atoms with van der Waals surface area (Å²) in [5.41, 5.74) is 7.33. The van der Waals surface area contributed by atoms with Crippen LogP contribution >= 0.6 is 0 Å². The number of anilines is 1. The van der Waals surface area contributed by atoms with Crippen molar-refractivity contribution >= 4 is 28.5 Å². The van der Waals surface area contributed by atoms with E-state index in [0.717, 1.165) is 17.4 Å². The van der Waals surface area contributed by atoms with Gasteiger partial charge >= 0.3 is 5.63 Å². The van der Waals surface area contributed by atoms with Crippen molar-refractivity contribution in [2.75, 3.05) is 18.1 Å². The van der Waals surface area contributed by atoms with Gasteiger partial charge in [0, 0.05) is 35.3 Å². The van der Waals surface area contributed by atoms with Gasteiger partial charge in [0.1, 0.15) is 11.3 Å². The van der Waals surface area contributed by atoms with Gasteiger partial charge in [-0.25, -0.2) is 4.79 Å². The minimum Gasteiger partial charge on any atom is -0.484 e. The van der Waals surface area contributed by atoms with Gasteiger partial charge in [0.25, 0.3) is 5.91 Å². The number of rotatable bonds is 4.